The number of nitrogens with two attached hydrogens (primary N) is 1. The SMILES string of the molecule is CCC(OCCCc1ccncc1)C(=N)N. The number of pyridine rings is 1. The maximum Gasteiger partial charge on any atom is 0.120 e. The fourth-order valence-electron chi connectivity index (χ4n) is 1.48. The molecule has 0 spiro atoms. The van der Waals surface area contributed by atoms with Crippen molar-refractivity contribution in [1.82, 2.24) is 4.98 Å². The second-order valence-electron chi connectivity index (χ2n) is 3.68. The molecule has 0 amide bonds. The predicted octanol–water partition coefficient (Wildman–Crippen LogP) is 1.75. The Morgan fingerprint density at radius 2 is 2.19 bits per heavy atom. The van der Waals surface area contributed by atoms with Gasteiger partial charge in [-0.2, -0.15) is 0 Å². The molecular formula is C12H19N3O. The van der Waals surface area contributed by atoms with Gasteiger partial charge < -0.3 is 10.5 Å². The first-order valence-corrected chi connectivity index (χ1v) is 5.58. The Bertz CT molecular complexity index is 313. The fraction of sp³-hybridized carbons (Fsp3) is 0.500. The molecule has 1 atom stereocenters. The predicted molar refractivity (Wildman–Crippen MR) is 64.5 cm³/mol. The number of aryl methyl sites for hydroxylation is 1. The molecule has 0 aliphatic carbocycles. The van der Waals surface area contributed by atoms with E-state index in [1.54, 1.807) is 12.4 Å². The molecule has 0 aliphatic rings. The Morgan fingerprint density at radius 3 is 2.75 bits per heavy atom. The lowest BCUT2D eigenvalue weighted by atomic mass is 10.1. The summed E-state index contributed by atoms with van der Waals surface area (Å²) < 4.78 is 5.51. The average molecular weight is 221 g/mol. The van der Waals surface area contributed by atoms with Crippen molar-refractivity contribution in [2.75, 3.05) is 6.61 Å². The number of amidine groups is 1. The van der Waals surface area contributed by atoms with Gasteiger partial charge in [0.1, 0.15) is 11.9 Å². The maximum absolute atomic E-state index is 7.30. The molecule has 1 unspecified atom stereocenters. The van der Waals surface area contributed by atoms with Crippen LogP contribution in [0.3, 0.4) is 0 Å². The van der Waals surface area contributed by atoms with Crippen LogP contribution in [0.5, 0.6) is 0 Å². The van der Waals surface area contributed by atoms with E-state index in [2.05, 4.69) is 4.98 Å². The van der Waals surface area contributed by atoms with Crippen molar-refractivity contribution >= 4 is 5.84 Å². The largest absolute Gasteiger partial charge is 0.385 e. The smallest absolute Gasteiger partial charge is 0.120 e. The number of nitrogens with zero attached hydrogens (tertiary/aromatic N) is 1. The zero-order chi connectivity index (χ0) is 11.8. The van der Waals surface area contributed by atoms with Gasteiger partial charge >= 0.3 is 0 Å². The van der Waals surface area contributed by atoms with Crippen molar-refractivity contribution in [3.8, 4) is 0 Å². The zero-order valence-electron chi connectivity index (χ0n) is 9.65. The number of nitrogens with one attached hydrogen (secondary N) is 1. The molecule has 0 saturated carbocycles. The van der Waals surface area contributed by atoms with E-state index in [-0.39, 0.29) is 11.9 Å². The fourth-order valence-corrected chi connectivity index (χ4v) is 1.48. The quantitative estimate of drug-likeness (QED) is 0.418. The Kier molecular flexibility index (Phi) is 5.50. The van der Waals surface area contributed by atoms with Gasteiger partial charge in [-0.1, -0.05) is 6.92 Å². The van der Waals surface area contributed by atoms with E-state index in [1.807, 2.05) is 19.1 Å². The van der Waals surface area contributed by atoms with E-state index in [4.69, 9.17) is 15.9 Å². The summed E-state index contributed by atoms with van der Waals surface area (Å²) in [5, 5.41) is 7.30. The molecule has 1 rings (SSSR count). The molecule has 3 N–H and O–H groups in total. The molecule has 88 valence electrons. The summed E-state index contributed by atoms with van der Waals surface area (Å²) in [6.45, 7) is 2.61. The third-order valence-corrected chi connectivity index (χ3v) is 2.40. The summed E-state index contributed by atoms with van der Waals surface area (Å²) in [6.07, 6.45) is 6.02. The van der Waals surface area contributed by atoms with E-state index in [0.29, 0.717) is 6.61 Å². The highest BCUT2D eigenvalue weighted by molar-refractivity contribution is 5.81. The highest BCUT2D eigenvalue weighted by Gasteiger charge is 2.08. The summed E-state index contributed by atoms with van der Waals surface area (Å²) in [7, 11) is 0. The lowest BCUT2D eigenvalue weighted by Gasteiger charge is -2.14. The number of ether oxygens (including phenoxy) is 1. The monoisotopic (exact) mass is 221 g/mol. The van der Waals surface area contributed by atoms with Crippen LogP contribution in [0.15, 0.2) is 24.5 Å². The van der Waals surface area contributed by atoms with Crippen molar-refractivity contribution in [1.29, 1.82) is 5.41 Å². The minimum Gasteiger partial charge on any atom is -0.385 e. The van der Waals surface area contributed by atoms with Gasteiger partial charge in [-0.3, -0.25) is 10.4 Å². The van der Waals surface area contributed by atoms with Crippen LogP contribution in [-0.4, -0.2) is 23.5 Å². The van der Waals surface area contributed by atoms with Gasteiger partial charge in [0, 0.05) is 19.0 Å². The van der Waals surface area contributed by atoms with Crippen molar-refractivity contribution in [3.05, 3.63) is 30.1 Å². The number of hydrogen-bond acceptors (Lipinski definition) is 3. The first kappa shape index (κ1) is 12.6. The third-order valence-electron chi connectivity index (χ3n) is 2.40. The summed E-state index contributed by atoms with van der Waals surface area (Å²) in [6, 6.07) is 4.00. The molecule has 0 saturated heterocycles. The van der Waals surface area contributed by atoms with Crippen molar-refractivity contribution in [2.45, 2.75) is 32.3 Å². The van der Waals surface area contributed by atoms with E-state index in [1.165, 1.54) is 5.56 Å². The summed E-state index contributed by atoms with van der Waals surface area (Å²) >= 11 is 0. The lowest BCUT2D eigenvalue weighted by molar-refractivity contribution is 0.0921. The van der Waals surface area contributed by atoms with Gasteiger partial charge in [0.05, 0.1) is 0 Å². The molecule has 0 bridgehead atoms. The summed E-state index contributed by atoms with van der Waals surface area (Å²) in [4.78, 5) is 3.96. The lowest BCUT2D eigenvalue weighted by Crippen LogP contribution is -2.30. The van der Waals surface area contributed by atoms with Crippen molar-refractivity contribution in [3.63, 3.8) is 0 Å². The van der Waals surface area contributed by atoms with Crippen LogP contribution in [0.4, 0.5) is 0 Å². The Hall–Kier alpha value is -1.42. The van der Waals surface area contributed by atoms with Crippen LogP contribution < -0.4 is 5.73 Å². The Labute approximate surface area is 96.3 Å². The first-order chi connectivity index (χ1) is 7.74. The van der Waals surface area contributed by atoms with Crippen molar-refractivity contribution in [2.24, 2.45) is 5.73 Å². The molecule has 1 aromatic heterocycles. The molecule has 0 aliphatic heterocycles. The van der Waals surface area contributed by atoms with Crippen LogP contribution in [0.2, 0.25) is 0 Å². The van der Waals surface area contributed by atoms with Gasteiger partial charge in [-0.25, -0.2) is 0 Å². The minimum absolute atomic E-state index is 0.117. The van der Waals surface area contributed by atoms with Crippen molar-refractivity contribution < 1.29 is 4.74 Å². The molecule has 4 nitrogen and oxygen atoms in total. The van der Waals surface area contributed by atoms with E-state index in [0.717, 1.165) is 19.3 Å². The molecule has 1 heterocycles. The third kappa shape index (κ3) is 4.40. The van der Waals surface area contributed by atoms with Crippen LogP contribution in [-0.2, 0) is 11.2 Å². The number of aromatic nitrogens is 1. The van der Waals surface area contributed by atoms with Crippen LogP contribution in [0.25, 0.3) is 0 Å². The average Bonchev–Trinajstić information content (AvgIpc) is 2.30. The summed E-state index contributed by atoms with van der Waals surface area (Å²) in [5.74, 6) is 0.117. The second-order valence-corrected chi connectivity index (χ2v) is 3.68. The molecular weight excluding hydrogens is 202 g/mol. The minimum atomic E-state index is -0.225. The molecule has 0 radical (unpaired) electrons. The zero-order valence-corrected chi connectivity index (χ0v) is 9.65. The van der Waals surface area contributed by atoms with Gasteiger partial charge in [0.25, 0.3) is 0 Å². The highest BCUT2D eigenvalue weighted by Crippen LogP contribution is 2.03. The molecule has 16 heavy (non-hydrogen) atoms. The number of hydrogen-bond donors (Lipinski definition) is 2. The van der Waals surface area contributed by atoms with Crippen LogP contribution in [0, 0.1) is 5.41 Å². The normalized spacial score (nSPS) is 12.3. The first-order valence-electron chi connectivity index (χ1n) is 5.58. The van der Waals surface area contributed by atoms with Gasteiger partial charge in [-0.05, 0) is 37.0 Å². The van der Waals surface area contributed by atoms with Crippen LogP contribution >= 0.6 is 0 Å². The molecule has 0 fully saturated rings. The van der Waals surface area contributed by atoms with Gasteiger partial charge in [-0.15, -0.1) is 0 Å². The molecule has 0 aromatic carbocycles. The molecule has 4 heteroatoms. The standard InChI is InChI=1S/C12H19N3O/c1-2-11(12(13)14)16-9-3-4-10-5-7-15-8-6-10/h5-8,11H,2-4,9H2,1H3,(H3,13,14). The second kappa shape index (κ2) is 6.95. The Morgan fingerprint density at radius 1 is 1.50 bits per heavy atom. The van der Waals surface area contributed by atoms with E-state index < -0.39 is 0 Å². The Balaban J connectivity index is 2.19. The van der Waals surface area contributed by atoms with Gasteiger partial charge in [0.2, 0.25) is 0 Å². The van der Waals surface area contributed by atoms with E-state index in [9.17, 15) is 0 Å². The summed E-state index contributed by atoms with van der Waals surface area (Å²) in [5.41, 5.74) is 6.65. The van der Waals surface area contributed by atoms with Gasteiger partial charge in [0.15, 0.2) is 0 Å². The van der Waals surface area contributed by atoms with E-state index >= 15 is 0 Å². The topological polar surface area (TPSA) is 72.0 Å². The number of rotatable bonds is 7. The molecule has 1 aromatic rings. The maximum atomic E-state index is 7.30. The van der Waals surface area contributed by atoms with Crippen LogP contribution in [0.1, 0.15) is 25.3 Å². The highest BCUT2D eigenvalue weighted by atomic mass is 16.5.